The van der Waals surface area contributed by atoms with Gasteiger partial charge in [-0.25, -0.2) is 4.98 Å². The number of amides is 1. The number of halogens is 2. The third-order valence-corrected chi connectivity index (χ3v) is 6.26. The molecule has 0 spiro atoms. The molecule has 5 nitrogen and oxygen atoms in total. The summed E-state index contributed by atoms with van der Waals surface area (Å²) in [6.45, 7) is 1.66. The molecule has 2 N–H and O–H groups in total. The monoisotopic (exact) mass is 456 g/mol. The van der Waals surface area contributed by atoms with Crippen LogP contribution in [-0.2, 0) is 17.9 Å². The Labute approximate surface area is 189 Å². The number of carbonyl (C=O) groups excluding carboxylic acids is 1. The fraction of sp³-hybridized carbons (Fsp3) is 0.524. The van der Waals surface area contributed by atoms with Crippen LogP contribution in [0.3, 0.4) is 0 Å². The van der Waals surface area contributed by atoms with Gasteiger partial charge in [0.05, 0.1) is 11.2 Å². The maximum Gasteiger partial charge on any atom is 0.224 e. The van der Waals surface area contributed by atoms with E-state index in [1.165, 1.54) is 18.4 Å². The number of carbonyl (C=O) groups is 1. The molecule has 3 heterocycles. The number of nitrogens with zero attached hydrogens (tertiary/aromatic N) is 2. The molecule has 0 saturated carbocycles. The van der Waals surface area contributed by atoms with Gasteiger partial charge in [-0.15, -0.1) is 36.2 Å². The Balaban J connectivity index is 0.00000150. The Bertz CT molecular complexity index is 762. The van der Waals surface area contributed by atoms with E-state index in [1.54, 1.807) is 11.3 Å². The lowest BCUT2D eigenvalue weighted by Crippen LogP contribution is -2.39. The number of hydrogen-bond acceptors (Lipinski definition) is 5. The summed E-state index contributed by atoms with van der Waals surface area (Å²) in [4.78, 5) is 19.1. The zero-order chi connectivity index (χ0) is 18.6. The van der Waals surface area contributed by atoms with Crippen LogP contribution >= 0.6 is 36.2 Å². The van der Waals surface area contributed by atoms with Crippen molar-refractivity contribution in [1.29, 1.82) is 0 Å². The van der Waals surface area contributed by atoms with Crippen LogP contribution in [-0.4, -0.2) is 34.9 Å². The minimum atomic E-state index is 0. The van der Waals surface area contributed by atoms with E-state index >= 15 is 0 Å². The van der Waals surface area contributed by atoms with E-state index in [1.807, 2.05) is 17.6 Å². The number of rotatable bonds is 7. The summed E-state index contributed by atoms with van der Waals surface area (Å²) in [5.41, 5.74) is 5.07. The Morgan fingerprint density at radius 3 is 2.69 bits per heavy atom. The van der Waals surface area contributed by atoms with Crippen LogP contribution in [0.25, 0.3) is 0 Å². The van der Waals surface area contributed by atoms with Crippen molar-refractivity contribution < 1.29 is 4.79 Å². The number of thiazole rings is 1. The number of piperidine rings is 1. The zero-order valence-corrected chi connectivity index (χ0v) is 19.1. The second-order valence-corrected chi connectivity index (χ2v) is 8.80. The molecule has 2 aliphatic heterocycles. The van der Waals surface area contributed by atoms with E-state index in [0.717, 1.165) is 37.3 Å². The minimum absolute atomic E-state index is 0. The fourth-order valence-corrected chi connectivity index (χ4v) is 5.07. The van der Waals surface area contributed by atoms with Crippen molar-refractivity contribution in [3.63, 3.8) is 0 Å². The van der Waals surface area contributed by atoms with Crippen molar-refractivity contribution in [2.75, 3.05) is 12.4 Å². The standard InChI is InChI=1S/C21H28N4OS.2ClH/c1-25(12-20-13-27-14-22-20)11-15-3-2-4-17(7-15)24-21(26)10-16-8-18-5-6-19(9-16)23-18;;/h2-4,7,13-14,16,18-19,23H,5-6,8-12H2,1H3,(H,24,26);2*1H. The molecule has 1 aromatic heterocycles. The van der Waals surface area contributed by atoms with E-state index in [9.17, 15) is 4.79 Å². The van der Waals surface area contributed by atoms with Crippen LogP contribution in [0, 0.1) is 5.92 Å². The van der Waals surface area contributed by atoms with Crippen LogP contribution in [0.2, 0.25) is 0 Å². The summed E-state index contributed by atoms with van der Waals surface area (Å²) in [6, 6.07) is 9.47. The number of anilines is 1. The first-order valence-electron chi connectivity index (χ1n) is 9.84. The van der Waals surface area contributed by atoms with E-state index in [-0.39, 0.29) is 30.7 Å². The Hall–Kier alpha value is -1.18. The average molecular weight is 457 g/mol. The van der Waals surface area contributed by atoms with Gasteiger partial charge in [-0.1, -0.05) is 12.1 Å². The molecular formula is C21H30Cl2N4OS. The summed E-state index contributed by atoms with van der Waals surface area (Å²) in [6.07, 6.45) is 5.48. The highest BCUT2D eigenvalue weighted by atomic mass is 35.5. The van der Waals surface area contributed by atoms with Gasteiger partial charge in [0.25, 0.3) is 0 Å². The Morgan fingerprint density at radius 2 is 2.00 bits per heavy atom. The van der Waals surface area contributed by atoms with Gasteiger partial charge in [0.2, 0.25) is 5.91 Å². The molecule has 1 amide bonds. The van der Waals surface area contributed by atoms with Crippen LogP contribution in [0.4, 0.5) is 5.69 Å². The molecular weight excluding hydrogens is 427 g/mol. The van der Waals surface area contributed by atoms with Gasteiger partial charge >= 0.3 is 0 Å². The lowest BCUT2D eigenvalue weighted by Gasteiger charge is -2.28. The zero-order valence-electron chi connectivity index (χ0n) is 16.7. The molecule has 160 valence electrons. The van der Waals surface area contributed by atoms with Crippen LogP contribution in [0.5, 0.6) is 0 Å². The molecule has 2 aromatic rings. The molecule has 2 saturated heterocycles. The molecule has 8 heteroatoms. The molecule has 2 fully saturated rings. The van der Waals surface area contributed by atoms with Gasteiger partial charge in [-0.2, -0.15) is 0 Å². The average Bonchev–Trinajstić information content (AvgIpc) is 3.24. The number of aromatic nitrogens is 1. The topological polar surface area (TPSA) is 57.3 Å². The third kappa shape index (κ3) is 6.93. The summed E-state index contributed by atoms with van der Waals surface area (Å²) in [7, 11) is 2.09. The lowest BCUT2D eigenvalue weighted by molar-refractivity contribution is -0.117. The third-order valence-electron chi connectivity index (χ3n) is 5.62. The molecule has 2 atom stereocenters. The molecule has 0 aliphatic carbocycles. The smallest absolute Gasteiger partial charge is 0.224 e. The van der Waals surface area contributed by atoms with Crippen LogP contribution in [0.15, 0.2) is 35.2 Å². The quantitative estimate of drug-likeness (QED) is 0.644. The highest BCUT2D eigenvalue weighted by molar-refractivity contribution is 7.07. The van der Waals surface area contributed by atoms with E-state index < -0.39 is 0 Å². The Morgan fingerprint density at radius 1 is 1.24 bits per heavy atom. The first kappa shape index (κ1) is 24.1. The van der Waals surface area contributed by atoms with Gasteiger partial charge in [-0.05, 0) is 56.3 Å². The normalized spacial score (nSPS) is 22.6. The maximum absolute atomic E-state index is 12.5. The second kappa shape index (κ2) is 11.3. The van der Waals surface area contributed by atoms with E-state index in [2.05, 4.69) is 45.1 Å². The van der Waals surface area contributed by atoms with Crippen molar-refractivity contribution in [2.45, 2.75) is 57.3 Å². The molecule has 4 rings (SSSR count). The molecule has 2 bridgehead atoms. The van der Waals surface area contributed by atoms with Gasteiger partial charge in [0.15, 0.2) is 0 Å². The number of nitrogens with one attached hydrogen (secondary N) is 2. The van der Waals surface area contributed by atoms with Crippen molar-refractivity contribution in [3.05, 3.63) is 46.4 Å². The summed E-state index contributed by atoms with van der Waals surface area (Å²) < 4.78 is 0. The van der Waals surface area contributed by atoms with Gasteiger partial charge in [-0.3, -0.25) is 9.69 Å². The number of hydrogen-bond donors (Lipinski definition) is 2. The van der Waals surface area contributed by atoms with Gasteiger partial charge in [0.1, 0.15) is 0 Å². The highest BCUT2D eigenvalue weighted by Gasteiger charge is 2.34. The summed E-state index contributed by atoms with van der Waals surface area (Å²) in [5, 5.41) is 8.84. The van der Waals surface area contributed by atoms with Gasteiger partial charge in [0, 0.05) is 42.7 Å². The van der Waals surface area contributed by atoms with Crippen molar-refractivity contribution in [1.82, 2.24) is 15.2 Å². The molecule has 1 aromatic carbocycles. The molecule has 0 radical (unpaired) electrons. The fourth-order valence-electron chi connectivity index (χ4n) is 4.52. The first-order valence-corrected chi connectivity index (χ1v) is 10.8. The second-order valence-electron chi connectivity index (χ2n) is 8.08. The minimum Gasteiger partial charge on any atom is -0.326 e. The van der Waals surface area contributed by atoms with Crippen LogP contribution < -0.4 is 10.6 Å². The number of fused-ring (bicyclic) bond motifs is 2. The molecule has 29 heavy (non-hydrogen) atoms. The number of benzene rings is 1. The summed E-state index contributed by atoms with van der Waals surface area (Å²) in [5.74, 6) is 0.672. The van der Waals surface area contributed by atoms with Crippen molar-refractivity contribution in [2.24, 2.45) is 5.92 Å². The largest absolute Gasteiger partial charge is 0.326 e. The Kier molecular flexibility index (Phi) is 9.37. The first-order chi connectivity index (χ1) is 13.1. The van der Waals surface area contributed by atoms with E-state index in [4.69, 9.17) is 0 Å². The van der Waals surface area contributed by atoms with Crippen LogP contribution in [0.1, 0.15) is 43.4 Å². The van der Waals surface area contributed by atoms with Crippen molar-refractivity contribution >= 4 is 47.7 Å². The van der Waals surface area contributed by atoms with Gasteiger partial charge < -0.3 is 10.6 Å². The predicted molar refractivity (Wildman–Crippen MR) is 124 cm³/mol. The lowest BCUT2D eigenvalue weighted by atomic mass is 9.89. The molecule has 2 aliphatic rings. The summed E-state index contributed by atoms with van der Waals surface area (Å²) >= 11 is 1.63. The highest BCUT2D eigenvalue weighted by Crippen LogP contribution is 2.32. The predicted octanol–water partition coefficient (Wildman–Crippen LogP) is 4.48. The molecule has 2 unspecified atom stereocenters. The van der Waals surface area contributed by atoms with E-state index in [0.29, 0.717) is 24.4 Å². The SMILES string of the molecule is CN(Cc1cccc(NC(=O)CC2CC3CCC(C2)N3)c1)Cc1cscn1.Cl.Cl. The van der Waals surface area contributed by atoms with Crippen molar-refractivity contribution in [3.8, 4) is 0 Å². The maximum atomic E-state index is 12.5.